The Bertz CT molecular complexity index is 1160. The predicted octanol–water partition coefficient (Wildman–Crippen LogP) is 5.48. The van der Waals surface area contributed by atoms with Gasteiger partial charge in [0.25, 0.3) is 0 Å². The number of rotatable bonds is 8. The van der Waals surface area contributed by atoms with E-state index in [0.717, 1.165) is 36.6 Å². The minimum Gasteiger partial charge on any atom is -0.504 e. The summed E-state index contributed by atoms with van der Waals surface area (Å²) in [6, 6.07) is 12.9. The first-order valence-corrected chi connectivity index (χ1v) is 17.2. The van der Waals surface area contributed by atoms with Crippen LogP contribution >= 0.6 is 21.2 Å². The molecule has 2 fully saturated rings. The zero-order valence-electron chi connectivity index (χ0n) is 22.6. The second-order valence-corrected chi connectivity index (χ2v) is 14.9. The molecule has 38 heavy (non-hydrogen) atoms. The van der Waals surface area contributed by atoms with Gasteiger partial charge in [0.2, 0.25) is 0 Å². The third kappa shape index (κ3) is 4.69. The first-order valence-electron chi connectivity index (χ1n) is 14.4. The van der Waals surface area contributed by atoms with Crippen molar-refractivity contribution < 1.29 is 19.7 Å². The van der Waals surface area contributed by atoms with Gasteiger partial charge in [0.1, 0.15) is 12.2 Å². The van der Waals surface area contributed by atoms with Gasteiger partial charge in [-0.2, -0.15) is 0 Å². The van der Waals surface area contributed by atoms with Gasteiger partial charge in [-0.1, -0.05) is 18.2 Å². The van der Waals surface area contributed by atoms with Crippen molar-refractivity contribution in [1.29, 1.82) is 0 Å². The molecule has 1 saturated heterocycles. The van der Waals surface area contributed by atoms with Crippen LogP contribution in [0.2, 0.25) is 0 Å². The molecule has 5 atom stereocenters. The standard InChI is InChI=1S/C21H25NO3.C11H17IO/c1-24-17-7-5-14-15-10-13-4-6-16(23)19-18(13)21(14,20(17)25-19)8-9-22(15)11-12-2-3-12;1-2-3-8-12-11-6-4-10(9-13)5-7-11/h4-7,12,14-15,17,20,23H,2-3,8-11H2,1H3;4-7,12-13H,2-3,8-9H2,1H3/t14?,15?,17?,20-,21?;/m0./s1. The molecule has 5 nitrogen and oxygen atoms in total. The molecule has 206 valence electrons. The molecule has 2 aromatic carbocycles. The molecule has 0 amide bonds. The first-order chi connectivity index (χ1) is 18.6. The fourth-order valence-electron chi connectivity index (χ4n) is 7.20. The van der Waals surface area contributed by atoms with Crippen LogP contribution in [0.1, 0.15) is 55.7 Å². The molecule has 0 aromatic heterocycles. The second-order valence-electron chi connectivity index (χ2n) is 11.6. The Morgan fingerprint density at radius 2 is 1.95 bits per heavy atom. The molecule has 1 spiro atoms. The second kappa shape index (κ2) is 11.1. The number of unbranched alkanes of at least 4 members (excludes halogenated alkanes) is 1. The van der Waals surface area contributed by atoms with Crippen LogP contribution in [0.5, 0.6) is 11.5 Å². The van der Waals surface area contributed by atoms with Crippen LogP contribution in [0, 0.1) is 15.4 Å². The van der Waals surface area contributed by atoms with Crippen molar-refractivity contribution >= 4 is 21.2 Å². The van der Waals surface area contributed by atoms with Crippen molar-refractivity contribution in [3.05, 3.63) is 68.8 Å². The number of nitrogens with zero attached hydrogens (tertiary/aromatic N) is 1. The van der Waals surface area contributed by atoms with Crippen LogP contribution in [0.15, 0.2) is 48.6 Å². The third-order valence-corrected chi connectivity index (χ3v) is 12.4. The molecular formula is C32H42INO4. The van der Waals surface area contributed by atoms with Crippen LogP contribution in [0.25, 0.3) is 0 Å². The Hall–Kier alpha value is -1.61. The Kier molecular flexibility index (Phi) is 7.78. The van der Waals surface area contributed by atoms with E-state index in [1.54, 1.807) is 7.11 Å². The van der Waals surface area contributed by atoms with E-state index in [1.807, 2.05) is 18.2 Å². The molecule has 0 radical (unpaired) electrons. The molecule has 3 aliphatic carbocycles. The summed E-state index contributed by atoms with van der Waals surface area (Å²) in [4.78, 5) is 2.75. The largest absolute Gasteiger partial charge is 0.504 e. The maximum Gasteiger partial charge on any atom is 0.165 e. The van der Waals surface area contributed by atoms with Gasteiger partial charge in [-0.15, -0.1) is 0 Å². The quantitative estimate of drug-likeness (QED) is 0.175. The zero-order chi connectivity index (χ0) is 26.3. The molecule has 5 aliphatic rings. The van der Waals surface area contributed by atoms with Crippen LogP contribution in [0.3, 0.4) is 0 Å². The summed E-state index contributed by atoms with van der Waals surface area (Å²) in [5.41, 5.74) is 3.66. The minimum absolute atomic E-state index is 0.0135. The van der Waals surface area contributed by atoms with Crippen molar-refractivity contribution in [3.63, 3.8) is 0 Å². The van der Waals surface area contributed by atoms with Crippen molar-refractivity contribution in [2.75, 3.05) is 24.6 Å². The number of hydrogen-bond acceptors (Lipinski definition) is 5. The predicted molar refractivity (Wildman–Crippen MR) is 160 cm³/mol. The monoisotopic (exact) mass is 631 g/mol. The van der Waals surface area contributed by atoms with Crippen LogP contribution in [-0.4, -0.2) is 58.0 Å². The molecule has 2 bridgehead atoms. The summed E-state index contributed by atoms with van der Waals surface area (Å²) in [7, 11) is 1.77. The smallest absolute Gasteiger partial charge is 0.165 e. The molecule has 6 heteroatoms. The number of aliphatic hydroxyl groups excluding tert-OH is 1. The van der Waals surface area contributed by atoms with Crippen molar-refractivity contribution in [2.45, 2.75) is 75.7 Å². The van der Waals surface area contributed by atoms with E-state index in [4.69, 9.17) is 14.6 Å². The molecule has 2 heterocycles. The molecule has 2 aliphatic heterocycles. The van der Waals surface area contributed by atoms with E-state index in [0.29, 0.717) is 12.0 Å². The van der Waals surface area contributed by atoms with E-state index in [2.05, 4.69) is 42.2 Å². The summed E-state index contributed by atoms with van der Waals surface area (Å²) in [6.45, 7) is 4.79. The van der Waals surface area contributed by atoms with E-state index >= 15 is 0 Å². The molecule has 7 rings (SSSR count). The number of benzene rings is 2. The van der Waals surface area contributed by atoms with Gasteiger partial charge in [0.05, 0.1) is 0 Å². The van der Waals surface area contributed by atoms with E-state index in [-0.39, 0.29) is 51.2 Å². The minimum atomic E-state index is -0.0374. The number of methoxy groups -OCH3 is 1. The van der Waals surface area contributed by atoms with Gasteiger partial charge >= 0.3 is 90.5 Å². The number of halogens is 1. The van der Waals surface area contributed by atoms with Gasteiger partial charge < -0.3 is 14.6 Å². The average Bonchev–Trinajstić information content (AvgIpc) is 3.70. The number of likely N-dealkylation sites (tertiary alicyclic amines) is 1. The molecule has 4 unspecified atom stereocenters. The Morgan fingerprint density at radius 1 is 1.13 bits per heavy atom. The summed E-state index contributed by atoms with van der Waals surface area (Å²) in [5, 5.41) is 19.3. The zero-order valence-corrected chi connectivity index (χ0v) is 25.0. The fraction of sp³-hybridized carbons (Fsp3) is 0.562. The number of alkyl halides is 1. The third-order valence-electron chi connectivity index (χ3n) is 9.30. The topological polar surface area (TPSA) is 62.2 Å². The molecule has 2 aromatic rings. The normalized spacial score (nSPS) is 30.4. The summed E-state index contributed by atoms with van der Waals surface area (Å²) >= 11 is 0.0487. The Balaban J connectivity index is 0.000000174. The van der Waals surface area contributed by atoms with Crippen molar-refractivity contribution in [1.82, 2.24) is 4.90 Å². The van der Waals surface area contributed by atoms with Gasteiger partial charge in [-0.05, 0) is 49.8 Å². The SMILES string of the molecule is CCCC[IH]c1ccc(CO)cc1.COC1C=CC2C3Cc4ccc(O)c5c4C2(CCN3CC2CC2)[C@H]1O5. The van der Waals surface area contributed by atoms with E-state index in [1.165, 1.54) is 51.4 Å². The number of aliphatic hydroxyl groups is 1. The van der Waals surface area contributed by atoms with Crippen LogP contribution in [0.4, 0.5) is 0 Å². The van der Waals surface area contributed by atoms with Crippen molar-refractivity contribution in [3.8, 4) is 11.5 Å². The summed E-state index contributed by atoms with van der Waals surface area (Å²) < 4.78 is 15.1. The number of hydrogen-bond donors (Lipinski definition) is 2. The number of aromatic hydroxyl groups is 1. The van der Waals surface area contributed by atoms with Gasteiger partial charge in [0, 0.05) is 36.6 Å². The summed E-state index contributed by atoms with van der Waals surface area (Å²) in [6.07, 6.45) is 12.2. The molecule has 2 N–H and O–H groups in total. The molecular weight excluding hydrogens is 589 g/mol. The number of piperidine rings is 1. The number of phenols is 1. The average molecular weight is 632 g/mol. The molecule has 1 saturated carbocycles. The van der Waals surface area contributed by atoms with E-state index in [9.17, 15) is 5.11 Å². The Labute approximate surface area is 237 Å². The maximum atomic E-state index is 10.4. The Morgan fingerprint density at radius 3 is 2.66 bits per heavy atom. The fourth-order valence-corrected chi connectivity index (χ4v) is 10.0. The van der Waals surface area contributed by atoms with Gasteiger partial charge in [-0.25, -0.2) is 0 Å². The summed E-state index contributed by atoms with van der Waals surface area (Å²) in [5.74, 6) is 2.40. The maximum absolute atomic E-state index is 10.4. The van der Waals surface area contributed by atoms with Gasteiger partial charge in [0.15, 0.2) is 11.5 Å². The van der Waals surface area contributed by atoms with E-state index < -0.39 is 0 Å². The van der Waals surface area contributed by atoms with Crippen LogP contribution < -0.4 is 4.74 Å². The van der Waals surface area contributed by atoms with Crippen molar-refractivity contribution in [2.24, 2.45) is 11.8 Å². The van der Waals surface area contributed by atoms with Gasteiger partial charge in [-0.3, -0.25) is 4.90 Å². The number of ether oxygens (including phenoxy) is 2. The van der Waals surface area contributed by atoms with Crippen LogP contribution in [-0.2, 0) is 23.2 Å². The number of phenolic OH excluding ortho intramolecular Hbond substituents is 1. The first kappa shape index (κ1) is 26.6.